The van der Waals surface area contributed by atoms with Crippen LogP contribution in [-0.2, 0) is 16.1 Å². The van der Waals surface area contributed by atoms with Crippen molar-refractivity contribution < 1.29 is 19.5 Å². The zero-order valence-electron chi connectivity index (χ0n) is 16.4. The van der Waals surface area contributed by atoms with E-state index >= 15 is 0 Å². The first-order chi connectivity index (χ1) is 13.9. The van der Waals surface area contributed by atoms with Crippen molar-refractivity contribution in [3.63, 3.8) is 0 Å². The molecule has 0 saturated carbocycles. The van der Waals surface area contributed by atoms with E-state index in [1.807, 2.05) is 42.5 Å². The van der Waals surface area contributed by atoms with Crippen LogP contribution in [0.5, 0.6) is 0 Å². The van der Waals surface area contributed by atoms with Gasteiger partial charge >= 0.3 is 5.97 Å². The van der Waals surface area contributed by atoms with Gasteiger partial charge in [-0.15, -0.1) is 0 Å². The number of benzene rings is 2. The molecule has 1 saturated heterocycles. The average Bonchev–Trinajstić information content (AvgIpc) is 3.15. The van der Waals surface area contributed by atoms with Crippen LogP contribution in [0.2, 0.25) is 0 Å². The third-order valence-electron chi connectivity index (χ3n) is 6.15. The Morgan fingerprint density at radius 3 is 2.45 bits per heavy atom. The smallest absolute Gasteiger partial charge is 0.312 e. The molecule has 2 aliphatic rings. The van der Waals surface area contributed by atoms with Crippen molar-refractivity contribution in [1.82, 2.24) is 9.80 Å². The van der Waals surface area contributed by atoms with Gasteiger partial charge in [0, 0.05) is 25.2 Å². The number of carboxylic acid groups (broad SMARTS) is 1. The summed E-state index contributed by atoms with van der Waals surface area (Å²) in [6, 6.07) is 16.3. The van der Waals surface area contributed by atoms with E-state index in [0.717, 1.165) is 17.5 Å². The number of fused-ring (bicyclic) bond motifs is 1. The van der Waals surface area contributed by atoms with E-state index in [0.29, 0.717) is 25.1 Å². The van der Waals surface area contributed by atoms with Gasteiger partial charge in [0.2, 0.25) is 5.91 Å². The summed E-state index contributed by atoms with van der Waals surface area (Å²) in [7, 11) is 0. The summed E-state index contributed by atoms with van der Waals surface area (Å²) in [4.78, 5) is 41.8. The topological polar surface area (TPSA) is 77.9 Å². The van der Waals surface area contributed by atoms with Gasteiger partial charge in [0.15, 0.2) is 0 Å². The molecule has 2 heterocycles. The van der Waals surface area contributed by atoms with Gasteiger partial charge in [-0.05, 0) is 43.0 Å². The summed E-state index contributed by atoms with van der Waals surface area (Å²) >= 11 is 0. The second-order valence-corrected chi connectivity index (χ2v) is 7.98. The minimum Gasteiger partial charge on any atom is -0.481 e. The first kappa shape index (κ1) is 19.2. The summed E-state index contributed by atoms with van der Waals surface area (Å²) in [5.74, 6) is -2.04. The van der Waals surface area contributed by atoms with Crippen LogP contribution in [0, 0.1) is 0 Å². The lowest BCUT2D eigenvalue weighted by molar-refractivity contribution is -0.145. The zero-order valence-corrected chi connectivity index (χ0v) is 16.4. The molecule has 0 bridgehead atoms. The molecule has 2 unspecified atom stereocenters. The number of amides is 2. The van der Waals surface area contributed by atoms with Gasteiger partial charge in [-0.25, -0.2) is 0 Å². The monoisotopic (exact) mass is 392 g/mol. The molecule has 0 aromatic heterocycles. The molecular formula is C23H24N2O4. The van der Waals surface area contributed by atoms with Crippen LogP contribution in [0.15, 0.2) is 54.6 Å². The second kappa shape index (κ2) is 7.35. The molecule has 0 aliphatic carbocycles. The van der Waals surface area contributed by atoms with Gasteiger partial charge in [0.25, 0.3) is 5.91 Å². The Labute approximate surface area is 169 Å². The Morgan fingerprint density at radius 2 is 1.72 bits per heavy atom. The van der Waals surface area contributed by atoms with Crippen molar-refractivity contribution in [2.45, 2.75) is 37.8 Å². The highest BCUT2D eigenvalue weighted by Crippen LogP contribution is 2.36. The number of hydrogen-bond acceptors (Lipinski definition) is 3. The zero-order chi connectivity index (χ0) is 20.6. The van der Waals surface area contributed by atoms with Crippen LogP contribution in [0.1, 0.15) is 47.2 Å². The van der Waals surface area contributed by atoms with E-state index < -0.39 is 17.4 Å². The van der Waals surface area contributed by atoms with Crippen LogP contribution >= 0.6 is 0 Å². The van der Waals surface area contributed by atoms with Crippen LogP contribution in [-0.4, -0.2) is 51.3 Å². The number of likely N-dealkylation sites (tertiary alicyclic amines) is 1. The van der Waals surface area contributed by atoms with Crippen molar-refractivity contribution in [3.8, 4) is 0 Å². The van der Waals surface area contributed by atoms with E-state index in [1.165, 1.54) is 0 Å². The molecule has 2 amide bonds. The van der Waals surface area contributed by atoms with E-state index in [-0.39, 0.29) is 18.4 Å². The van der Waals surface area contributed by atoms with E-state index in [4.69, 9.17) is 0 Å². The number of hydrogen-bond donors (Lipinski definition) is 1. The lowest BCUT2D eigenvalue weighted by atomic mass is 9.87. The number of nitrogens with zero attached hydrogens (tertiary/aromatic N) is 2. The number of rotatable bonds is 3. The van der Waals surface area contributed by atoms with Gasteiger partial charge in [0.05, 0.1) is 5.92 Å². The Bertz CT molecular complexity index is 958. The highest BCUT2D eigenvalue weighted by atomic mass is 16.4. The molecule has 2 aromatic carbocycles. The standard InChI is InChI=1S/C23H24N2O4/c1-23(12-7-13-25(23)20(26)16-8-3-2-4-9-16)22(29)24-14-17-10-5-6-11-18(17)19(15-24)21(27)28/h2-6,8-11,19H,7,12-15H2,1H3,(H,27,28). The van der Waals surface area contributed by atoms with Gasteiger partial charge in [-0.1, -0.05) is 42.5 Å². The van der Waals surface area contributed by atoms with Gasteiger partial charge in [-0.3, -0.25) is 14.4 Å². The molecule has 150 valence electrons. The fourth-order valence-electron chi connectivity index (χ4n) is 4.56. The number of carbonyl (C=O) groups excluding carboxylic acids is 2. The molecule has 2 atom stereocenters. The number of aliphatic carboxylic acids is 1. The van der Waals surface area contributed by atoms with Crippen molar-refractivity contribution in [1.29, 1.82) is 0 Å². The normalized spacial score (nSPS) is 23.6. The van der Waals surface area contributed by atoms with Gasteiger partial charge < -0.3 is 14.9 Å². The summed E-state index contributed by atoms with van der Waals surface area (Å²) in [5, 5.41) is 9.70. The average molecular weight is 392 g/mol. The molecule has 29 heavy (non-hydrogen) atoms. The van der Waals surface area contributed by atoms with Crippen molar-refractivity contribution in [2.24, 2.45) is 0 Å². The first-order valence-electron chi connectivity index (χ1n) is 9.89. The van der Waals surface area contributed by atoms with Gasteiger partial charge in [-0.2, -0.15) is 0 Å². The highest BCUT2D eigenvalue weighted by Gasteiger charge is 2.49. The third kappa shape index (κ3) is 3.28. The molecule has 0 radical (unpaired) electrons. The van der Waals surface area contributed by atoms with Crippen LogP contribution < -0.4 is 0 Å². The maximum absolute atomic E-state index is 13.6. The molecule has 2 aromatic rings. The maximum atomic E-state index is 13.6. The summed E-state index contributed by atoms with van der Waals surface area (Å²) in [6.07, 6.45) is 1.31. The Kier molecular flexibility index (Phi) is 4.86. The Balaban J connectivity index is 1.63. The predicted molar refractivity (Wildman–Crippen MR) is 107 cm³/mol. The van der Waals surface area contributed by atoms with Crippen molar-refractivity contribution >= 4 is 17.8 Å². The number of carbonyl (C=O) groups is 3. The Morgan fingerprint density at radius 1 is 1.03 bits per heavy atom. The summed E-state index contributed by atoms with van der Waals surface area (Å²) in [6.45, 7) is 2.80. The molecule has 2 aliphatic heterocycles. The van der Waals surface area contributed by atoms with Gasteiger partial charge in [0.1, 0.15) is 5.54 Å². The molecule has 6 heteroatoms. The lowest BCUT2D eigenvalue weighted by Crippen LogP contribution is -2.57. The molecule has 4 rings (SSSR count). The minimum atomic E-state index is -0.970. The Hall–Kier alpha value is -3.15. The maximum Gasteiger partial charge on any atom is 0.312 e. The quantitative estimate of drug-likeness (QED) is 0.871. The fourth-order valence-corrected chi connectivity index (χ4v) is 4.56. The number of carboxylic acids is 1. The largest absolute Gasteiger partial charge is 0.481 e. The summed E-state index contributed by atoms with van der Waals surface area (Å²) in [5.41, 5.74) is 1.20. The van der Waals surface area contributed by atoms with Crippen LogP contribution in [0.25, 0.3) is 0 Å². The minimum absolute atomic E-state index is 0.119. The van der Waals surface area contributed by atoms with Crippen LogP contribution in [0.4, 0.5) is 0 Å². The van der Waals surface area contributed by atoms with Crippen molar-refractivity contribution in [2.75, 3.05) is 13.1 Å². The van der Waals surface area contributed by atoms with E-state index in [1.54, 1.807) is 28.9 Å². The van der Waals surface area contributed by atoms with Crippen LogP contribution in [0.3, 0.4) is 0 Å². The fraction of sp³-hybridized carbons (Fsp3) is 0.348. The second-order valence-electron chi connectivity index (χ2n) is 7.98. The highest BCUT2D eigenvalue weighted by molar-refractivity contribution is 5.99. The first-order valence-corrected chi connectivity index (χ1v) is 9.89. The predicted octanol–water partition coefficient (Wildman–Crippen LogP) is 2.89. The molecule has 1 N–H and O–H groups in total. The van der Waals surface area contributed by atoms with E-state index in [9.17, 15) is 19.5 Å². The molecule has 1 fully saturated rings. The molecule has 0 spiro atoms. The summed E-state index contributed by atoms with van der Waals surface area (Å²) < 4.78 is 0. The van der Waals surface area contributed by atoms with Crippen molar-refractivity contribution in [3.05, 3.63) is 71.3 Å². The third-order valence-corrected chi connectivity index (χ3v) is 6.15. The van der Waals surface area contributed by atoms with E-state index in [2.05, 4.69) is 0 Å². The molecule has 6 nitrogen and oxygen atoms in total. The molecular weight excluding hydrogens is 368 g/mol. The SMILES string of the molecule is CC1(C(=O)N2Cc3ccccc3C(C(=O)O)C2)CCCN1C(=O)c1ccccc1. The lowest BCUT2D eigenvalue weighted by Gasteiger charge is -2.41.